The van der Waals surface area contributed by atoms with E-state index in [1.165, 1.54) is 0 Å². The minimum Gasteiger partial charge on any atom is -0.198 e. The first-order valence-corrected chi connectivity index (χ1v) is 9.74. The lowest BCUT2D eigenvalue weighted by atomic mass is 10.3. The van der Waals surface area contributed by atoms with E-state index in [0.29, 0.717) is 0 Å². The summed E-state index contributed by atoms with van der Waals surface area (Å²) in [5.74, 6) is 0. The number of hydroxylamine groups is 4. The molecule has 0 saturated heterocycles. The monoisotopic (exact) mass is 334 g/mol. The Morgan fingerprint density at radius 1 is 0.864 bits per heavy atom. The second-order valence-electron chi connectivity index (χ2n) is 6.53. The molecule has 0 radical (unpaired) electrons. The fraction of sp³-hybridized carbons (Fsp3) is 0.933. The summed E-state index contributed by atoms with van der Waals surface area (Å²) in [6.07, 6.45) is 0.383. The van der Waals surface area contributed by atoms with E-state index in [4.69, 9.17) is 14.5 Å². The fourth-order valence-corrected chi connectivity index (χ4v) is 4.07. The largest absolute Gasteiger partial charge is 0.454 e. The van der Waals surface area contributed by atoms with Crippen molar-refractivity contribution in [2.24, 2.45) is 0 Å². The highest BCUT2D eigenvalue weighted by Gasteiger charge is 2.48. The van der Waals surface area contributed by atoms with Crippen molar-refractivity contribution in [2.75, 3.05) is 6.16 Å². The van der Waals surface area contributed by atoms with Gasteiger partial charge in [-0.15, -0.1) is 10.1 Å². The molecular formula is C15H33N3O3P+. The van der Waals surface area contributed by atoms with Crippen molar-refractivity contribution in [3.63, 3.8) is 0 Å². The predicted molar refractivity (Wildman–Crippen MR) is 90.6 cm³/mol. The second kappa shape index (κ2) is 9.77. The van der Waals surface area contributed by atoms with Crippen LogP contribution in [0.5, 0.6) is 0 Å². The zero-order valence-electron chi connectivity index (χ0n) is 15.3. The highest BCUT2D eigenvalue weighted by Crippen LogP contribution is 2.59. The van der Waals surface area contributed by atoms with Gasteiger partial charge in [0.1, 0.15) is 0 Å². The minimum absolute atomic E-state index is 0.101. The molecule has 0 aromatic heterocycles. The van der Waals surface area contributed by atoms with Crippen LogP contribution in [0.4, 0.5) is 0 Å². The van der Waals surface area contributed by atoms with Gasteiger partial charge in [-0.3, -0.25) is 0 Å². The van der Waals surface area contributed by atoms with Crippen LogP contribution < -0.4 is 0 Å². The Kier molecular flexibility index (Phi) is 9.64. The lowest BCUT2D eigenvalue weighted by Crippen LogP contribution is -2.41. The first-order chi connectivity index (χ1) is 10.0. The molecule has 0 aliphatic heterocycles. The van der Waals surface area contributed by atoms with E-state index in [0.717, 1.165) is 0 Å². The van der Waals surface area contributed by atoms with Gasteiger partial charge in [-0.1, -0.05) is 9.25 Å². The standard InChI is InChI=1S/C15H33N3O3P/c1-12(2)17(13(3)4)20-22(19,11-9-10-16)21-18(14(5)6)15(7)8/h12-15,19H,9,11H2,1-8H3/q+1. The number of hydrogen-bond acceptors (Lipinski definition) is 6. The average molecular weight is 334 g/mol. The van der Waals surface area contributed by atoms with Crippen molar-refractivity contribution >= 4 is 7.94 Å². The zero-order chi connectivity index (χ0) is 17.5. The molecule has 0 aliphatic rings. The van der Waals surface area contributed by atoms with Crippen molar-refractivity contribution in [1.82, 2.24) is 10.1 Å². The summed E-state index contributed by atoms with van der Waals surface area (Å²) in [5, 5.41) is 12.3. The maximum absolute atomic E-state index is 10.9. The first kappa shape index (κ1) is 21.7. The Morgan fingerprint density at radius 2 is 1.18 bits per heavy atom. The van der Waals surface area contributed by atoms with Crippen molar-refractivity contribution in [3.05, 3.63) is 0 Å². The third-order valence-corrected chi connectivity index (χ3v) is 4.66. The Labute approximate surface area is 136 Å². The van der Waals surface area contributed by atoms with Gasteiger partial charge in [0.25, 0.3) is 0 Å². The average Bonchev–Trinajstić information content (AvgIpc) is 2.39. The van der Waals surface area contributed by atoms with Crippen molar-refractivity contribution in [1.29, 1.82) is 5.26 Å². The van der Waals surface area contributed by atoms with Crippen LogP contribution in [0.3, 0.4) is 0 Å². The molecule has 130 valence electrons. The highest BCUT2D eigenvalue weighted by molar-refractivity contribution is 7.60. The van der Waals surface area contributed by atoms with Crippen molar-refractivity contribution < 1.29 is 14.1 Å². The molecule has 0 saturated carbocycles. The van der Waals surface area contributed by atoms with Crippen LogP contribution in [0.1, 0.15) is 61.8 Å². The van der Waals surface area contributed by atoms with Gasteiger partial charge in [0.15, 0.2) is 6.16 Å². The van der Waals surface area contributed by atoms with E-state index in [-0.39, 0.29) is 36.8 Å². The second-order valence-corrected chi connectivity index (χ2v) is 8.58. The number of nitriles is 1. The molecule has 0 unspecified atom stereocenters. The molecule has 0 heterocycles. The molecule has 0 atom stereocenters. The van der Waals surface area contributed by atoms with E-state index in [2.05, 4.69) is 6.07 Å². The molecule has 0 rings (SSSR count). The summed E-state index contributed by atoms with van der Waals surface area (Å²) in [7, 11) is -3.18. The van der Waals surface area contributed by atoms with Gasteiger partial charge in [-0.05, 0) is 55.4 Å². The lowest BCUT2D eigenvalue weighted by Gasteiger charge is -2.34. The van der Waals surface area contributed by atoms with Crippen LogP contribution in [0.25, 0.3) is 0 Å². The highest BCUT2D eigenvalue weighted by atomic mass is 31.2. The van der Waals surface area contributed by atoms with Gasteiger partial charge in [-0.25, -0.2) is 0 Å². The van der Waals surface area contributed by atoms with Gasteiger partial charge in [0, 0.05) is 24.2 Å². The molecule has 0 aromatic carbocycles. The maximum Gasteiger partial charge on any atom is 0.454 e. The topological polar surface area (TPSA) is 69.0 Å². The number of nitrogens with zero attached hydrogens (tertiary/aromatic N) is 3. The van der Waals surface area contributed by atoms with E-state index in [9.17, 15) is 4.89 Å². The molecule has 0 fully saturated rings. The molecule has 0 amide bonds. The minimum atomic E-state index is -3.18. The van der Waals surface area contributed by atoms with Crippen molar-refractivity contribution in [3.8, 4) is 6.07 Å². The first-order valence-electron chi connectivity index (χ1n) is 7.98. The van der Waals surface area contributed by atoms with Crippen molar-refractivity contribution in [2.45, 2.75) is 86.0 Å². The van der Waals surface area contributed by atoms with E-state index >= 15 is 0 Å². The Morgan fingerprint density at radius 3 is 1.41 bits per heavy atom. The Balaban J connectivity index is 5.24. The fourth-order valence-electron chi connectivity index (χ4n) is 2.15. The van der Waals surface area contributed by atoms with Gasteiger partial charge in [-0.2, -0.15) is 10.2 Å². The SMILES string of the molecule is CC(C)N(O[P+](O)(CCC#N)ON(C(C)C)C(C)C)C(C)C. The summed E-state index contributed by atoms with van der Waals surface area (Å²) in [6.45, 7) is 16.0. The summed E-state index contributed by atoms with van der Waals surface area (Å²) in [5.41, 5.74) is 0. The molecule has 22 heavy (non-hydrogen) atoms. The number of rotatable bonds is 10. The predicted octanol–water partition coefficient (Wildman–Crippen LogP) is 3.76. The third kappa shape index (κ3) is 7.32. The summed E-state index contributed by atoms with van der Waals surface area (Å²) < 4.78 is 11.8. The van der Waals surface area contributed by atoms with Crippen LogP contribution in [0.2, 0.25) is 0 Å². The van der Waals surface area contributed by atoms with Crippen LogP contribution in [0.15, 0.2) is 0 Å². The van der Waals surface area contributed by atoms with Gasteiger partial charge in [0.2, 0.25) is 0 Å². The summed E-state index contributed by atoms with van der Waals surface area (Å²) >= 11 is 0. The lowest BCUT2D eigenvalue weighted by molar-refractivity contribution is -0.178. The maximum atomic E-state index is 10.9. The molecule has 1 N–H and O–H groups in total. The molecular weight excluding hydrogens is 301 g/mol. The van der Waals surface area contributed by atoms with Gasteiger partial charge in [0.05, 0.1) is 12.5 Å². The zero-order valence-corrected chi connectivity index (χ0v) is 16.2. The molecule has 0 spiro atoms. The Hall–Kier alpha value is -0.280. The summed E-state index contributed by atoms with van der Waals surface area (Å²) in [4.78, 5) is 10.9. The summed E-state index contributed by atoms with van der Waals surface area (Å²) in [6, 6.07) is 2.46. The number of hydrogen-bond donors (Lipinski definition) is 1. The van der Waals surface area contributed by atoms with Gasteiger partial charge >= 0.3 is 7.94 Å². The van der Waals surface area contributed by atoms with E-state index in [1.807, 2.05) is 55.4 Å². The van der Waals surface area contributed by atoms with Crippen LogP contribution in [-0.2, 0) is 9.25 Å². The van der Waals surface area contributed by atoms with Crippen LogP contribution in [0, 0.1) is 11.3 Å². The molecule has 0 aromatic rings. The van der Waals surface area contributed by atoms with Gasteiger partial charge < -0.3 is 0 Å². The smallest absolute Gasteiger partial charge is 0.198 e. The quantitative estimate of drug-likeness (QED) is 0.485. The van der Waals surface area contributed by atoms with Crippen LogP contribution >= 0.6 is 7.94 Å². The molecule has 0 bridgehead atoms. The Bertz CT molecular complexity index is 318. The van der Waals surface area contributed by atoms with Crippen LogP contribution in [-0.4, -0.2) is 45.3 Å². The molecule has 0 aliphatic carbocycles. The van der Waals surface area contributed by atoms with E-state index in [1.54, 1.807) is 10.1 Å². The molecule has 7 heteroatoms. The normalized spacial score (nSPS) is 13.2. The molecule has 6 nitrogen and oxygen atoms in total. The third-order valence-electron chi connectivity index (χ3n) is 2.99. The van der Waals surface area contributed by atoms with E-state index < -0.39 is 7.94 Å².